The molecule has 0 fully saturated rings. The number of nitriles is 1. The lowest BCUT2D eigenvalue weighted by Crippen LogP contribution is -2.23. The number of esters is 1. The lowest BCUT2D eigenvalue weighted by atomic mass is 10.0. The molecule has 1 amide bonds. The van der Waals surface area contributed by atoms with Crippen LogP contribution in [-0.4, -0.2) is 28.3 Å². The first-order valence-corrected chi connectivity index (χ1v) is 9.33. The summed E-state index contributed by atoms with van der Waals surface area (Å²) in [5.41, 5.74) is 1.12. The Bertz CT molecular complexity index is 1280. The molecule has 1 N–H and O–H groups in total. The molecule has 0 radical (unpaired) electrons. The van der Waals surface area contributed by atoms with Crippen molar-refractivity contribution in [2.75, 3.05) is 12.4 Å². The molecule has 0 bridgehead atoms. The Morgan fingerprint density at radius 2 is 1.74 bits per heavy atom. The molecule has 0 aliphatic rings. The highest BCUT2D eigenvalue weighted by Crippen LogP contribution is 2.17. The molecule has 0 aliphatic heterocycles. The monoisotopic (exact) mass is 416 g/mol. The molecule has 0 saturated heterocycles. The number of carbonyl (C=O) groups excluding carboxylic acids is 2. The van der Waals surface area contributed by atoms with Crippen molar-refractivity contribution < 1.29 is 14.3 Å². The van der Waals surface area contributed by atoms with E-state index in [-0.39, 0.29) is 16.8 Å². The minimum absolute atomic E-state index is 0.0683. The van der Waals surface area contributed by atoms with Gasteiger partial charge in [-0.3, -0.25) is 14.3 Å². The van der Waals surface area contributed by atoms with Crippen LogP contribution in [0.25, 0.3) is 11.8 Å². The van der Waals surface area contributed by atoms with E-state index < -0.39 is 17.4 Å². The fraction of sp³-hybridized carbons (Fsp3) is 0.130. The minimum atomic E-state index is -0.756. The SMILES string of the molecule is COC(=O)c1ccccc1/C=C(\C#N)C(=O)Nc1c(C)n(C)n(-c2ccccc2)c1=O. The number of nitrogens with zero attached hydrogens (tertiary/aromatic N) is 3. The van der Waals surface area contributed by atoms with Crippen molar-refractivity contribution in [3.8, 4) is 11.8 Å². The Labute approximate surface area is 178 Å². The predicted octanol–water partition coefficient (Wildman–Crippen LogP) is 2.82. The average Bonchev–Trinajstić information content (AvgIpc) is 3.00. The number of benzene rings is 2. The molecule has 1 aromatic heterocycles. The van der Waals surface area contributed by atoms with Crippen LogP contribution >= 0.6 is 0 Å². The molecular formula is C23H20N4O4. The van der Waals surface area contributed by atoms with Gasteiger partial charge in [-0.05, 0) is 36.8 Å². The summed E-state index contributed by atoms with van der Waals surface area (Å²) in [5.74, 6) is -1.35. The number of para-hydroxylation sites is 1. The zero-order valence-corrected chi connectivity index (χ0v) is 17.2. The summed E-state index contributed by atoms with van der Waals surface area (Å²) in [5, 5.41) is 12.1. The quantitative estimate of drug-likeness (QED) is 0.391. The highest BCUT2D eigenvalue weighted by atomic mass is 16.5. The van der Waals surface area contributed by atoms with Crippen LogP contribution < -0.4 is 10.9 Å². The maximum Gasteiger partial charge on any atom is 0.338 e. The smallest absolute Gasteiger partial charge is 0.338 e. The van der Waals surface area contributed by atoms with Gasteiger partial charge >= 0.3 is 5.97 Å². The first-order valence-electron chi connectivity index (χ1n) is 9.33. The fourth-order valence-electron chi connectivity index (χ4n) is 3.12. The van der Waals surface area contributed by atoms with Gasteiger partial charge in [0, 0.05) is 7.05 Å². The van der Waals surface area contributed by atoms with Gasteiger partial charge in [-0.1, -0.05) is 36.4 Å². The van der Waals surface area contributed by atoms with Crippen LogP contribution in [0.1, 0.15) is 21.6 Å². The zero-order valence-electron chi connectivity index (χ0n) is 17.2. The van der Waals surface area contributed by atoms with Crippen LogP contribution in [0.3, 0.4) is 0 Å². The van der Waals surface area contributed by atoms with Crippen LogP contribution in [-0.2, 0) is 16.6 Å². The van der Waals surface area contributed by atoms with E-state index in [2.05, 4.69) is 5.32 Å². The Morgan fingerprint density at radius 1 is 1.10 bits per heavy atom. The van der Waals surface area contributed by atoms with Crippen molar-refractivity contribution >= 4 is 23.6 Å². The van der Waals surface area contributed by atoms with Gasteiger partial charge in [-0.25, -0.2) is 9.48 Å². The molecule has 8 nitrogen and oxygen atoms in total. The number of aromatic nitrogens is 2. The van der Waals surface area contributed by atoms with Crippen molar-refractivity contribution in [1.29, 1.82) is 5.26 Å². The summed E-state index contributed by atoms with van der Waals surface area (Å²) in [6, 6.07) is 17.3. The summed E-state index contributed by atoms with van der Waals surface area (Å²) in [6.07, 6.45) is 1.29. The van der Waals surface area contributed by atoms with Crippen LogP contribution in [0.5, 0.6) is 0 Å². The fourth-order valence-corrected chi connectivity index (χ4v) is 3.12. The number of rotatable bonds is 5. The number of ether oxygens (including phenoxy) is 1. The van der Waals surface area contributed by atoms with E-state index in [1.165, 1.54) is 23.9 Å². The minimum Gasteiger partial charge on any atom is -0.465 e. The molecule has 2 aromatic carbocycles. The number of hydrogen-bond donors (Lipinski definition) is 1. The van der Waals surface area contributed by atoms with Crippen molar-refractivity contribution in [3.63, 3.8) is 0 Å². The third kappa shape index (κ3) is 4.16. The first-order chi connectivity index (χ1) is 14.9. The van der Waals surface area contributed by atoms with Gasteiger partial charge in [0.25, 0.3) is 11.5 Å². The second kappa shape index (κ2) is 8.97. The van der Waals surface area contributed by atoms with Gasteiger partial charge in [0.05, 0.1) is 24.1 Å². The number of hydrogen-bond acceptors (Lipinski definition) is 5. The molecule has 8 heteroatoms. The molecule has 0 aliphatic carbocycles. The van der Waals surface area contributed by atoms with Gasteiger partial charge in [0.2, 0.25) is 0 Å². The number of carbonyl (C=O) groups is 2. The lowest BCUT2D eigenvalue weighted by Gasteiger charge is -2.07. The second-order valence-corrected chi connectivity index (χ2v) is 6.64. The molecule has 0 spiro atoms. The van der Waals surface area contributed by atoms with Crippen molar-refractivity contribution in [3.05, 3.63) is 87.3 Å². The molecule has 0 unspecified atom stereocenters. The largest absolute Gasteiger partial charge is 0.465 e. The Morgan fingerprint density at radius 3 is 2.39 bits per heavy atom. The average molecular weight is 416 g/mol. The van der Waals surface area contributed by atoms with Crippen LogP contribution in [0, 0.1) is 18.3 Å². The normalized spacial score (nSPS) is 11.0. The standard InChI is InChI=1S/C23H20N4O4/c1-15-20(22(29)27(26(15)2)18-10-5-4-6-11-18)25-21(28)17(14-24)13-16-9-7-8-12-19(16)23(30)31-3/h4-13H,1-3H3,(H,25,28)/b17-13+. The van der Waals surface area contributed by atoms with E-state index in [4.69, 9.17) is 4.74 Å². The maximum absolute atomic E-state index is 13.0. The van der Waals surface area contributed by atoms with Crippen molar-refractivity contribution in [1.82, 2.24) is 9.36 Å². The van der Waals surface area contributed by atoms with E-state index >= 15 is 0 Å². The third-order valence-corrected chi connectivity index (χ3v) is 4.82. The predicted molar refractivity (Wildman–Crippen MR) is 116 cm³/mol. The highest BCUT2D eigenvalue weighted by molar-refractivity contribution is 6.10. The number of methoxy groups -OCH3 is 1. The van der Waals surface area contributed by atoms with Gasteiger partial charge in [-0.15, -0.1) is 0 Å². The van der Waals surface area contributed by atoms with E-state index in [1.54, 1.807) is 61.1 Å². The van der Waals surface area contributed by atoms with E-state index in [9.17, 15) is 19.6 Å². The lowest BCUT2D eigenvalue weighted by molar-refractivity contribution is -0.112. The van der Waals surface area contributed by atoms with Crippen LogP contribution in [0.15, 0.2) is 65.0 Å². The molecule has 156 valence electrons. The Kier molecular flexibility index (Phi) is 6.17. The van der Waals surface area contributed by atoms with Gasteiger partial charge in [0.15, 0.2) is 0 Å². The van der Waals surface area contributed by atoms with Crippen molar-refractivity contribution in [2.45, 2.75) is 6.92 Å². The van der Waals surface area contributed by atoms with Gasteiger partial charge in [0.1, 0.15) is 17.3 Å². The Hall–Kier alpha value is -4.38. The highest BCUT2D eigenvalue weighted by Gasteiger charge is 2.20. The summed E-state index contributed by atoms with van der Waals surface area (Å²) < 4.78 is 7.78. The molecule has 3 rings (SSSR count). The summed E-state index contributed by atoms with van der Waals surface area (Å²) in [7, 11) is 2.95. The van der Waals surface area contributed by atoms with Crippen LogP contribution in [0.2, 0.25) is 0 Å². The molecule has 3 aromatic rings. The molecular weight excluding hydrogens is 396 g/mol. The summed E-state index contributed by atoms with van der Waals surface area (Å²) >= 11 is 0. The second-order valence-electron chi connectivity index (χ2n) is 6.64. The Balaban J connectivity index is 1.99. The number of anilines is 1. The summed E-state index contributed by atoms with van der Waals surface area (Å²) in [6.45, 7) is 1.69. The number of amides is 1. The zero-order chi connectivity index (χ0) is 22.5. The van der Waals surface area contributed by atoms with Gasteiger partial charge < -0.3 is 10.1 Å². The molecule has 0 atom stereocenters. The third-order valence-electron chi connectivity index (χ3n) is 4.82. The maximum atomic E-state index is 13.0. The molecule has 1 heterocycles. The molecule has 31 heavy (non-hydrogen) atoms. The first kappa shape index (κ1) is 21.3. The summed E-state index contributed by atoms with van der Waals surface area (Å²) in [4.78, 5) is 37.7. The van der Waals surface area contributed by atoms with E-state index in [0.717, 1.165) is 0 Å². The topological polar surface area (TPSA) is 106 Å². The van der Waals surface area contributed by atoms with Gasteiger partial charge in [-0.2, -0.15) is 5.26 Å². The van der Waals surface area contributed by atoms with Crippen molar-refractivity contribution in [2.24, 2.45) is 7.05 Å². The van der Waals surface area contributed by atoms with E-state index in [1.807, 2.05) is 12.1 Å². The number of nitrogens with one attached hydrogen (secondary N) is 1. The van der Waals surface area contributed by atoms with Crippen LogP contribution in [0.4, 0.5) is 5.69 Å². The van der Waals surface area contributed by atoms with E-state index in [0.29, 0.717) is 16.9 Å². The molecule has 0 saturated carbocycles.